The van der Waals surface area contributed by atoms with Crippen molar-refractivity contribution in [3.05, 3.63) is 69.7 Å². The Bertz CT molecular complexity index is 1860. The topological polar surface area (TPSA) is 101 Å². The summed E-state index contributed by atoms with van der Waals surface area (Å²) in [6.07, 6.45) is -3.93. The molecule has 2 aliphatic rings. The van der Waals surface area contributed by atoms with Gasteiger partial charge < -0.3 is 30.2 Å². The third-order valence-electron chi connectivity index (χ3n) is 8.46. The van der Waals surface area contributed by atoms with Crippen molar-refractivity contribution in [1.29, 1.82) is 0 Å². The van der Waals surface area contributed by atoms with Crippen LogP contribution in [0.4, 0.5) is 40.6 Å². The molecule has 2 heterocycles. The highest BCUT2D eigenvalue weighted by Gasteiger charge is 2.44. The maximum atomic E-state index is 14.3. The van der Waals surface area contributed by atoms with Crippen LogP contribution in [0.1, 0.15) is 42.1 Å². The number of aryl methyl sites for hydroxylation is 1. The second-order valence-corrected chi connectivity index (χ2v) is 12.8. The van der Waals surface area contributed by atoms with E-state index in [0.29, 0.717) is 56.9 Å². The molecule has 2 fully saturated rings. The fourth-order valence-corrected chi connectivity index (χ4v) is 5.95. The first-order valence-corrected chi connectivity index (χ1v) is 15.6. The van der Waals surface area contributed by atoms with Gasteiger partial charge in [0.25, 0.3) is 5.91 Å². The second-order valence-electron chi connectivity index (χ2n) is 12.0. The lowest BCUT2D eigenvalue weighted by molar-refractivity contribution is -0.274. The molecule has 3 aromatic carbocycles. The molecule has 47 heavy (non-hydrogen) atoms. The lowest BCUT2D eigenvalue weighted by atomic mass is 10.1. The van der Waals surface area contributed by atoms with E-state index in [1.807, 2.05) is 6.92 Å². The van der Waals surface area contributed by atoms with Crippen LogP contribution in [-0.4, -0.2) is 47.0 Å². The molecule has 0 spiro atoms. The molecule has 6 rings (SSSR count). The van der Waals surface area contributed by atoms with Gasteiger partial charge in [-0.1, -0.05) is 36.2 Å². The number of carbonyl (C=O) groups is 2. The number of hydrogen-bond acceptors (Lipinski definition) is 6. The fourth-order valence-electron chi connectivity index (χ4n) is 5.42. The van der Waals surface area contributed by atoms with Gasteiger partial charge in [-0.2, -0.15) is 0 Å². The first-order chi connectivity index (χ1) is 22.2. The smallest absolute Gasteiger partial charge is 0.406 e. The highest BCUT2D eigenvalue weighted by Crippen LogP contribution is 2.45. The zero-order valence-electron chi connectivity index (χ0n) is 25.3. The van der Waals surface area contributed by atoms with Gasteiger partial charge >= 0.3 is 6.36 Å². The van der Waals surface area contributed by atoms with Gasteiger partial charge in [0.15, 0.2) is 0 Å². The molecular formula is C32H30Cl2F4N6O3. The minimum Gasteiger partial charge on any atom is -0.406 e. The molecule has 1 saturated heterocycles. The number of fused-ring (bicyclic) bond motifs is 1. The normalized spacial score (nSPS) is 17.1. The molecule has 15 heteroatoms. The average molecular weight is 694 g/mol. The molecule has 248 valence electrons. The summed E-state index contributed by atoms with van der Waals surface area (Å²) in [5.41, 5.74) is 2.67. The van der Waals surface area contributed by atoms with Gasteiger partial charge in [0, 0.05) is 37.8 Å². The molecule has 4 aromatic rings. The standard InChI is InChI=1S/C32H30Cl2F4N6O3/c1-31(10-11-31)29(46)39-15-17-3-8-22(33)27(26(17)34)42-30-41-23-13-21(24(14-25(23)43(30)2)44-12-9-18(35)16-44)28(45)40-19-4-6-20(7-5-19)47-32(36,37)38/h3-8,13-14,18H,9-12,15-16H2,1-2H3,(H,39,46)(H,40,45)(H,41,42). The number of amides is 2. The summed E-state index contributed by atoms with van der Waals surface area (Å²) >= 11 is 13.3. The maximum Gasteiger partial charge on any atom is 0.573 e. The Morgan fingerprint density at radius 2 is 1.83 bits per heavy atom. The summed E-state index contributed by atoms with van der Waals surface area (Å²) in [7, 11) is 1.76. The van der Waals surface area contributed by atoms with Crippen LogP contribution in [0, 0.1) is 5.41 Å². The number of ether oxygens (including phenoxy) is 1. The van der Waals surface area contributed by atoms with Crippen LogP contribution < -0.4 is 25.6 Å². The third kappa shape index (κ3) is 7.05. The summed E-state index contributed by atoms with van der Waals surface area (Å²) in [4.78, 5) is 32.5. The SMILES string of the molecule is Cn1c(Nc2c(Cl)ccc(CNC(=O)C3(C)CC3)c2Cl)nc2cc(C(=O)Nc3ccc(OC(F)(F)F)cc3)c(N3CCC(F)C3)cc21. The molecule has 0 bridgehead atoms. The number of carbonyl (C=O) groups excluding carboxylic acids is 2. The minimum absolute atomic E-state index is 0.0337. The zero-order valence-corrected chi connectivity index (χ0v) is 26.8. The number of halogens is 6. The summed E-state index contributed by atoms with van der Waals surface area (Å²) in [5, 5.41) is 9.44. The van der Waals surface area contributed by atoms with E-state index in [9.17, 15) is 27.2 Å². The number of benzene rings is 3. The molecule has 1 atom stereocenters. The first-order valence-electron chi connectivity index (χ1n) is 14.8. The Labute approximate surface area is 277 Å². The molecule has 1 aliphatic heterocycles. The number of hydrogen-bond donors (Lipinski definition) is 3. The minimum atomic E-state index is -4.85. The summed E-state index contributed by atoms with van der Waals surface area (Å²) in [6, 6.07) is 11.5. The zero-order chi connectivity index (χ0) is 33.7. The van der Waals surface area contributed by atoms with Crippen LogP contribution in [0.5, 0.6) is 5.75 Å². The fraction of sp³-hybridized carbons (Fsp3) is 0.344. The van der Waals surface area contributed by atoms with Crippen LogP contribution in [-0.2, 0) is 18.4 Å². The number of rotatable bonds is 9. The third-order valence-corrected chi connectivity index (χ3v) is 9.20. The monoisotopic (exact) mass is 692 g/mol. The van der Waals surface area contributed by atoms with Crippen molar-refractivity contribution in [1.82, 2.24) is 14.9 Å². The van der Waals surface area contributed by atoms with E-state index >= 15 is 0 Å². The van der Waals surface area contributed by atoms with Crippen molar-refractivity contribution in [2.75, 3.05) is 28.6 Å². The van der Waals surface area contributed by atoms with Crippen molar-refractivity contribution in [3.63, 3.8) is 0 Å². The Balaban J connectivity index is 1.29. The molecule has 3 N–H and O–H groups in total. The van der Waals surface area contributed by atoms with Gasteiger partial charge in [0.05, 0.1) is 38.0 Å². The second kappa shape index (κ2) is 12.4. The number of alkyl halides is 4. The van der Waals surface area contributed by atoms with E-state index in [2.05, 4.69) is 25.7 Å². The first kappa shape index (κ1) is 32.7. The molecule has 1 aliphatic carbocycles. The van der Waals surface area contributed by atoms with Crippen LogP contribution in [0.3, 0.4) is 0 Å². The quantitative estimate of drug-likeness (QED) is 0.155. The van der Waals surface area contributed by atoms with Crippen molar-refractivity contribution >= 4 is 69.1 Å². The Hall–Kier alpha value is -4.23. The van der Waals surface area contributed by atoms with Gasteiger partial charge in [0.2, 0.25) is 11.9 Å². The summed E-state index contributed by atoms with van der Waals surface area (Å²) in [5.74, 6) is -0.673. The maximum absolute atomic E-state index is 14.3. The molecule has 2 amide bonds. The van der Waals surface area contributed by atoms with Crippen molar-refractivity contribution in [3.8, 4) is 5.75 Å². The largest absolute Gasteiger partial charge is 0.573 e. The van der Waals surface area contributed by atoms with Crippen molar-refractivity contribution in [2.24, 2.45) is 12.5 Å². The van der Waals surface area contributed by atoms with Crippen LogP contribution in [0.25, 0.3) is 11.0 Å². The van der Waals surface area contributed by atoms with E-state index in [4.69, 9.17) is 23.2 Å². The van der Waals surface area contributed by atoms with E-state index in [-0.39, 0.29) is 35.7 Å². The molecular weight excluding hydrogens is 663 g/mol. The highest BCUT2D eigenvalue weighted by atomic mass is 35.5. The van der Waals surface area contributed by atoms with E-state index in [1.54, 1.807) is 40.8 Å². The lowest BCUT2D eigenvalue weighted by Gasteiger charge is -2.21. The number of aromatic nitrogens is 2. The number of nitrogens with zero attached hydrogens (tertiary/aromatic N) is 3. The predicted octanol–water partition coefficient (Wildman–Crippen LogP) is 7.74. The van der Waals surface area contributed by atoms with Gasteiger partial charge in [-0.05, 0) is 67.3 Å². The van der Waals surface area contributed by atoms with Crippen molar-refractivity contribution < 1.29 is 31.9 Å². The molecule has 9 nitrogen and oxygen atoms in total. The Morgan fingerprint density at radius 1 is 1.11 bits per heavy atom. The van der Waals surface area contributed by atoms with Gasteiger partial charge in [-0.25, -0.2) is 9.37 Å². The number of nitrogens with one attached hydrogen (secondary N) is 3. The number of imidazole rings is 1. The van der Waals surface area contributed by atoms with E-state index in [0.717, 1.165) is 25.0 Å². The van der Waals surface area contributed by atoms with Crippen LogP contribution in [0.2, 0.25) is 10.0 Å². The molecule has 1 aromatic heterocycles. The summed E-state index contributed by atoms with van der Waals surface area (Å²) in [6.45, 7) is 2.60. The van der Waals surface area contributed by atoms with Crippen LogP contribution >= 0.6 is 23.2 Å². The lowest BCUT2D eigenvalue weighted by Crippen LogP contribution is -2.29. The van der Waals surface area contributed by atoms with E-state index in [1.165, 1.54) is 12.1 Å². The number of anilines is 4. The molecule has 1 saturated carbocycles. The average Bonchev–Trinajstić information content (AvgIpc) is 3.50. The van der Waals surface area contributed by atoms with Crippen LogP contribution in [0.15, 0.2) is 48.5 Å². The van der Waals surface area contributed by atoms with Gasteiger partial charge in [-0.15, -0.1) is 13.2 Å². The predicted molar refractivity (Wildman–Crippen MR) is 172 cm³/mol. The Morgan fingerprint density at radius 3 is 2.47 bits per heavy atom. The van der Waals surface area contributed by atoms with Gasteiger partial charge in [-0.3, -0.25) is 9.59 Å². The highest BCUT2D eigenvalue weighted by molar-refractivity contribution is 6.39. The molecule has 1 unspecified atom stereocenters. The molecule has 0 radical (unpaired) electrons. The van der Waals surface area contributed by atoms with Crippen molar-refractivity contribution in [2.45, 2.75) is 45.3 Å². The Kier molecular flexibility index (Phi) is 8.64. The van der Waals surface area contributed by atoms with Gasteiger partial charge in [0.1, 0.15) is 11.9 Å². The summed E-state index contributed by atoms with van der Waals surface area (Å²) < 4.78 is 57.6. The van der Waals surface area contributed by atoms with E-state index < -0.39 is 24.2 Å².